The summed E-state index contributed by atoms with van der Waals surface area (Å²) in [4.78, 5) is 17.4. The number of nitrogens with one attached hydrogen (secondary N) is 1. The van der Waals surface area contributed by atoms with Gasteiger partial charge >= 0.3 is 5.63 Å². The molecule has 0 saturated heterocycles. The van der Waals surface area contributed by atoms with Crippen molar-refractivity contribution in [2.24, 2.45) is 4.99 Å². The molecule has 0 spiro atoms. The zero-order chi connectivity index (χ0) is 20.5. The number of aliphatic imine (C=N–C) groups is 1. The van der Waals surface area contributed by atoms with Crippen molar-refractivity contribution in [3.05, 3.63) is 106 Å². The highest BCUT2D eigenvalue weighted by molar-refractivity contribution is 7.99. The van der Waals surface area contributed by atoms with Gasteiger partial charge < -0.3 is 0 Å². The molecule has 0 saturated carbocycles. The lowest BCUT2D eigenvalue weighted by atomic mass is 10.0. The van der Waals surface area contributed by atoms with Gasteiger partial charge in [0, 0.05) is 39.4 Å². The van der Waals surface area contributed by atoms with E-state index in [1.807, 2.05) is 66.4 Å². The van der Waals surface area contributed by atoms with E-state index in [1.165, 1.54) is 11.8 Å². The Hall–Kier alpha value is -3.09. The van der Waals surface area contributed by atoms with E-state index in [9.17, 15) is 4.79 Å². The van der Waals surface area contributed by atoms with E-state index in [0.717, 1.165) is 39.0 Å². The molecule has 1 aromatic heterocycles. The molecule has 1 aliphatic rings. The van der Waals surface area contributed by atoms with Crippen LogP contribution in [-0.4, -0.2) is 11.0 Å². The quantitative estimate of drug-likeness (QED) is 0.447. The maximum atomic E-state index is 11.3. The fourth-order valence-electron chi connectivity index (χ4n) is 3.45. The van der Waals surface area contributed by atoms with Crippen LogP contribution in [0.15, 0.2) is 98.2 Å². The van der Waals surface area contributed by atoms with Crippen LogP contribution in [-0.2, 0) is 0 Å². The highest BCUT2D eigenvalue weighted by atomic mass is 35.5. The molecule has 1 unspecified atom stereocenters. The molecule has 0 aliphatic carbocycles. The van der Waals surface area contributed by atoms with Crippen LogP contribution >= 0.6 is 23.4 Å². The summed E-state index contributed by atoms with van der Waals surface area (Å²) < 4.78 is 6.28. The third kappa shape index (κ3) is 3.84. The fraction of sp³-hybridized carbons (Fsp3) is 0.0870. The molecule has 2 heterocycles. The number of rotatable bonds is 3. The molecule has 30 heavy (non-hydrogen) atoms. The second-order valence-corrected chi connectivity index (χ2v) is 8.63. The summed E-state index contributed by atoms with van der Waals surface area (Å²) in [5.74, 6) is 0. The number of benzene rings is 3. The van der Waals surface area contributed by atoms with Crippen molar-refractivity contribution in [3.8, 4) is 5.69 Å². The highest BCUT2D eigenvalue weighted by Crippen LogP contribution is 2.45. The number of aromatic amines is 1. The minimum Gasteiger partial charge on any atom is -0.283 e. The second-order valence-electron chi connectivity index (χ2n) is 6.95. The number of fused-ring (bicyclic) bond motifs is 1. The van der Waals surface area contributed by atoms with Crippen molar-refractivity contribution in [3.63, 3.8) is 0 Å². The lowest BCUT2D eigenvalue weighted by Crippen LogP contribution is -2.32. The number of thioether (sulfide) groups is 1. The standard InChI is InChI=1S/C23H16ClN3O2S/c24-17-9-5-16(6-10-17)22-13-20(25-19-3-1-2-4-21(19)30-22)15-7-11-18(12-8-15)27-14-23(28)29-26-27/h1-12,14,22H,13H2/p+1. The second kappa shape index (κ2) is 7.97. The molecule has 0 radical (unpaired) electrons. The van der Waals surface area contributed by atoms with Crippen LogP contribution < -0.4 is 10.3 Å². The first-order chi connectivity index (χ1) is 14.7. The number of aromatic nitrogens is 2. The molecule has 1 aliphatic heterocycles. The average Bonchev–Trinajstić information content (AvgIpc) is 3.11. The van der Waals surface area contributed by atoms with Gasteiger partial charge in [0.15, 0.2) is 0 Å². The van der Waals surface area contributed by atoms with Gasteiger partial charge in [-0.2, -0.15) is 0 Å². The van der Waals surface area contributed by atoms with Crippen LogP contribution in [0.3, 0.4) is 0 Å². The Bertz CT molecular complexity index is 1280. The van der Waals surface area contributed by atoms with Crippen LogP contribution in [0.2, 0.25) is 5.02 Å². The Morgan fingerprint density at radius 2 is 1.80 bits per heavy atom. The largest absolute Gasteiger partial charge is 0.427 e. The predicted molar refractivity (Wildman–Crippen MR) is 118 cm³/mol. The van der Waals surface area contributed by atoms with Gasteiger partial charge in [0.25, 0.3) is 6.20 Å². The Morgan fingerprint density at radius 1 is 1.03 bits per heavy atom. The summed E-state index contributed by atoms with van der Waals surface area (Å²) in [5.41, 5.74) is 4.64. The number of H-pyrrole nitrogens is 1. The molecular weight excluding hydrogens is 418 g/mol. The molecule has 148 valence electrons. The maximum Gasteiger partial charge on any atom is 0.427 e. The van der Waals surface area contributed by atoms with E-state index in [2.05, 4.69) is 23.5 Å². The molecule has 1 N–H and O–H groups in total. The predicted octanol–water partition coefficient (Wildman–Crippen LogP) is 5.26. The Morgan fingerprint density at radius 3 is 2.53 bits per heavy atom. The van der Waals surface area contributed by atoms with Crippen molar-refractivity contribution in [1.29, 1.82) is 0 Å². The first-order valence-electron chi connectivity index (χ1n) is 9.45. The smallest absolute Gasteiger partial charge is 0.283 e. The number of halogens is 1. The fourth-order valence-corrected chi connectivity index (χ4v) is 4.81. The zero-order valence-electron chi connectivity index (χ0n) is 15.8. The van der Waals surface area contributed by atoms with Gasteiger partial charge in [-0.1, -0.05) is 35.9 Å². The number of para-hydroxylation sites is 1. The summed E-state index contributed by atoms with van der Waals surface area (Å²) >= 11 is 7.92. The number of nitrogens with zero attached hydrogens (tertiary/aromatic N) is 2. The van der Waals surface area contributed by atoms with E-state index in [-0.39, 0.29) is 5.25 Å². The topological polar surface area (TPSA) is 62.2 Å². The summed E-state index contributed by atoms with van der Waals surface area (Å²) in [6.07, 6.45) is 2.15. The highest BCUT2D eigenvalue weighted by Gasteiger charge is 2.23. The first kappa shape index (κ1) is 18.9. The Labute approximate surface area is 182 Å². The molecule has 1 atom stereocenters. The van der Waals surface area contributed by atoms with Gasteiger partial charge in [-0.05, 0) is 57.5 Å². The van der Waals surface area contributed by atoms with Gasteiger partial charge in [-0.15, -0.1) is 11.8 Å². The molecule has 0 fully saturated rings. The molecule has 7 heteroatoms. The van der Waals surface area contributed by atoms with Crippen molar-refractivity contribution in [2.75, 3.05) is 0 Å². The van der Waals surface area contributed by atoms with Gasteiger partial charge in [0.1, 0.15) is 0 Å². The van der Waals surface area contributed by atoms with Gasteiger partial charge in [-0.25, -0.2) is 4.79 Å². The Balaban J connectivity index is 1.53. The van der Waals surface area contributed by atoms with E-state index >= 15 is 0 Å². The Kier molecular flexibility index (Phi) is 5.02. The van der Waals surface area contributed by atoms with Crippen molar-refractivity contribution in [1.82, 2.24) is 5.27 Å². The van der Waals surface area contributed by atoms with Crippen LogP contribution in [0.1, 0.15) is 22.8 Å². The molecule has 4 aromatic rings. The van der Waals surface area contributed by atoms with E-state index in [1.54, 1.807) is 4.68 Å². The third-order valence-electron chi connectivity index (χ3n) is 4.97. The van der Waals surface area contributed by atoms with Crippen LogP contribution in [0.5, 0.6) is 0 Å². The average molecular weight is 435 g/mol. The van der Waals surface area contributed by atoms with E-state index in [0.29, 0.717) is 0 Å². The monoisotopic (exact) mass is 434 g/mol. The SMILES string of the molecule is O=c1c[n+](-c2ccc(C3=Nc4ccccc4SC(c4ccc(Cl)cc4)C3)cc2)[nH]o1. The molecule has 0 bridgehead atoms. The number of hydrogen-bond donors (Lipinski definition) is 1. The van der Waals surface area contributed by atoms with Crippen LogP contribution in [0, 0.1) is 0 Å². The summed E-state index contributed by atoms with van der Waals surface area (Å²) in [6.45, 7) is 0. The third-order valence-corrected chi connectivity index (χ3v) is 6.54. The first-order valence-corrected chi connectivity index (χ1v) is 10.7. The maximum absolute atomic E-state index is 11.3. The lowest BCUT2D eigenvalue weighted by molar-refractivity contribution is -0.670. The van der Waals surface area contributed by atoms with E-state index in [4.69, 9.17) is 21.1 Å². The minimum absolute atomic E-state index is 0.226. The summed E-state index contributed by atoms with van der Waals surface area (Å²) in [6, 6.07) is 24.2. The molecule has 0 amide bonds. The summed E-state index contributed by atoms with van der Waals surface area (Å²) in [7, 11) is 0. The van der Waals surface area contributed by atoms with Crippen molar-refractivity contribution < 1.29 is 9.20 Å². The molecule has 3 aromatic carbocycles. The van der Waals surface area contributed by atoms with Gasteiger partial charge in [0.05, 0.1) is 5.69 Å². The molecule has 5 nitrogen and oxygen atoms in total. The van der Waals surface area contributed by atoms with Crippen LogP contribution in [0.4, 0.5) is 5.69 Å². The normalized spacial score (nSPS) is 15.9. The molecule has 5 rings (SSSR count). The van der Waals surface area contributed by atoms with Gasteiger partial charge in [0.2, 0.25) is 5.69 Å². The summed E-state index contributed by atoms with van der Waals surface area (Å²) in [5, 5.41) is 3.52. The zero-order valence-corrected chi connectivity index (χ0v) is 17.4. The van der Waals surface area contributed by atoms with E-state index < -0.39 is 5.63 Å². The van der Waals surface area contributed by atoms with Crippen LogP contribution in [0.25, 0.3) is 5.69 Å². The van der Waals surface area contributed by atoms with Crippen molar-refractivity contribution >= 4 is 34.8 Å². The molecular formula is C23H17ClN3O2S+. The minimum atomic E-state index is -0.424. The lowest BCUT2D eigenvalue weighted by Gasteiger charge is -2.16. The van der Waals surface area contributed by atoms with Gasteiger partial charge in [-0.3, -0.25) is 9.52 Å². The van der Waals surface area contributed by atoms with Crippen molar-refractivity contribution in [2.45, 2.75) is 16.6 Å². The number of hydrogen-bond acceptors (Lipinski definition) is 4.